The molecule has 0 aliphatic heterocycles. The third-order valence-electron chi connectivity index (χ3n) is 5.39. The van der Waals surface area contributed by atoms with Gasteiger partial charge in [0.1, 0.15) is 5.82 Å². The zero-order valence-corrected chi connectivity index (χ0v) is 14.0. The molecule has 1 fully saturated rings. The summed E-state index contributed by atoms with van der Waals surface area (Å²) in [6, 6.07) is 5.94. The Bertz CT molecular complexity index is 617. The molecule has 4 heteroatoms. The number of hydrogen-bond donors (Lipinski definition) is 1. The van der Waals surface area contributed by atoms with E-state index in [2.05, 4.69) is 47.9 Å². The Morgan fingerprint density at radius 3 is 2.30 bits per heavy atom. The van der Waals surface area contributed by atoms with E-state index in [4.69, 9.17) is 0 Å². The maximum Gasteiger partial charge on any atom is 0.134 e. The second-order valence-electron chi connectivity index (χ2n) is 7.01. The molecule has 0 saturated heterocycles. The molecule has 0 amide bonds. The molecule has 1 saturated carbocycles. The topological polar surface area (TPSA) is 58.9 Å². The van der Waals surface area contributed by atoms with Crippen LogP contribution in [0.1, 0.15) is 50.4 Å². The molecule has 3 rings (SSSR count). The van der Waals surface area contributed by atoms with Gasteiger partial charge in [0.2, 0.25) is 0 Å². The quantitative estimate of drug-likeness (QED) is 0.943. The number of aliphatic hydroxyl groups excluding tert-OH is 1. The fraction of sp³-hybridized carbons (Fsp3) is 0.526. The van der Waals surface area contributed by atoms with Crippen molar-refractivity contribution in [2.75, 3.05) is 0 Å². The van der Waals surface area contributed by atoms with Crippen LogP contribution >= 0.6 is 0 Å². The molecule has 23 heavy (non-hydrogen) atoms. The van der Waals surface area contributed by atoms with Crippen molar-refractivity contribution in [3.8, 4) is 0 Å². The van der Waals surface area contributed by atoms with Gasteiger partial charge in [0.25, 0.3) is 0 Å². The molecule has 5 unspecified atom stereocenters. The highest BCUT2D eigenvalue weighted by atomic mass is 16.3. The Labute approximate surface area is 138 Å². The zero-order chi connectivity index (χ0) is 16.4. The van der Waals surface area contributed by atoms with Crippen molar-refractivity contribution >= 4 is 0 Å². The highest BCUT2D eigenvalue weighted by Gasteiger charge is 2.45. The fourth-order valence-electron chi connectivity index (χ4n) is 4.26. The number of aromatic nitrogens is 3. The van der Waals surface area contributed by atoms with E-state index in [1.54, 1.807) is 12.4 Å². The molecule has 122 valence electrons. The minimum atomic E-state index is -0.417. The van der Waals surface area contributed by atoms with Crippen molar-refractivity contribution in [2.45, 2.75) is 45.1 Å². The van der Waals surface area contributed by atoms with Crippen molar-refractivity contribution < 1.29 is 5.11 Å². The van der Waals surface area contributed by atoms with Gasteiger partial charge in [-0.25, -0.2) is 9.97 Å². The highest BCUT2D eigenvalue weighted by molar-refractivity contribution is 5.25. The monoisotopic (exact) mass is 311 g/mol. The Balaban J connectivity index is 2.05. The van der Waals surface area contributed by atoms with Crippen molar-refractivity contribution in [1.82, 2.24) is 15.0 Å². The van der Waals surface area contributed by atoms with Crippen LogP contribution < -0.4 is 0 Å². The molecule has 0 radical (unpaired) electrons. The van der Waals surface area contributed by atoms with E-state index >= 15 is 0 Å². The van der Waals surface area contributed by atoms with E-state index in [0.29, 0.717) is 17.8 Å². The lowest BCUT2D eigenvalue weighted by Crippen LogP contribution is -2.41. The molecule has 2 aromatic heterocycles. The van der Waals surface area contributed by atoms with Gasteiger partial charge in [0.05, 0.1) is 12.0 Å². The molecule has 1 aliphatic carbocycles. The smallest absolute Gasteiger partial charge is 0.134 e. The van der Waals surface area contributed by atoms with Crippen molar-refractivity contribution in [2.24, 2.45) is 17.8 Å². The van der Waals surface area contributed by atoms with E-state index in [9.17, 15) is 5.11 Å². The van der Waals surface area contributed by atoms with Crippen molar-refractivity contribution in [1.29, 1.82) is 0 Å². The summed E-state index contributed by atoms with van der Waals surface area (Å²) in [6.45, 7) is 6.80. The largest absolute Gasteiger partial charge is 0.392 e. The van der Waals surface area contributed by atoms with Gasteiger partial charge in [-0.15, -0.1) is 0 Å². The third-order valence-corrected chi connectivity index (χ3v) is 5.39. The Hall–Kier alpha value is -1.81. The predicted molar refractivity (Wildman–Crippen MR) is 89.9 cm³/mol. The van der Waals surface area contributed by atoms with Gasteiger partial charge in [-0.2, -0.15) is 0 Å². The third kappa shape index (κ3) is 3.13. The molecule has 0 bridgehead atoms. The first kappa shape index (κ1) is 16.1. The average molecular weight is 311 g/mol. The standard InChI is InChI=1S/C19H25N3O/c1-12(2)15-11-16(23)18(19-21-7-4-8-22-19)17(13(15)3)14-5-9-20-10-6-14/h4-10,12-13,15-18,23H,11H2,1-3H3. The maximum atomic E-state index is 10.9. The Kier molecular flexibility index (Phi) is 4.71. The molecule has 1 aliphatic rings. The Morgan fingerprint density at radius 2 is 1.70 bits per heavy atom. The number of aliphatic hydroxyl groups is 1. The SMILES string of the molecule is CC(C)C1CC(O)C(c2ncccn2)C(c2ccncc2)C1C. The van der Waals surface area contributed by atoms with E-state index in [0.717, 1.165) is 12.2 Å². The highest BCUT2D eigenvalue weighted by Crippen LogP contribution is 2.50. The number of nitrogens with zero attached hydrogens (tertiary/aromatic N) is 3. The first-order chi connectivity index (χ1) is 11.1. The van der Waals surface area contributed by atoms with E-state index in [-0.39, 0.29) is 11.8 Å². The molecular formula is C19H25N3O. The summed E-state index contributed by atoms with van der Waals surface area (Å²) in [7, 11) is 0. The van der Waals surface area contributed by atoms with Crippen LogP contribution in [0, 0.1) is 17.8 Å². The van der Waals surface area contributed by atoms with Gasteiger partial charge in [-0.05, 0) is 53.9 Å². The summed E-state index contributed by atoms with van der Waals surface area (Å²) in [5.41, 5.74) is 1.22. The first-order valence-corrected chi connectivity index (χ1v) is 8.44. The van der Waals surface area contributed by atoms with Crippen LogP contribution in [0.15, 0.2) is 43.0 Å². The first-order valence-electron chi connectivity index (χ1n) is 8.44. The van der Waals surface area contributed by atoms with E-state index in [1.807, 2.05) is 18.5 Å². The van der Waals surface area contributed by atoms with E-state index < -0.39 is 6.10 Å². The summed E-state index contributed by atoms with van der Waals surface area (Å²) in [5, 5.41) is 10.9. The molecule has 0 aromatic carbocycles. The van der Waals surface area contributed by atoms with E-state index in [1.165, 1.54) is 5.56 Å². The minimum absolute atomic E-state index is 0.0661. The molecule has 5 atom stereocenters. The van der Waals surface area contributed by atoms with Gasteiger partial charge >= 0.3 is 0 Å². The molecule has 2 heterocycles. The Morgan fingerprint density at radius 1 is 1.04 bits per heavy atom. The average Bonchev–Trinajstić information content (AvgIpc) is 2.57. The molecule has 1 N–H and O–H groups in total. The van der Waals surface area contributed by atoms with Gasteiger partial charge in [0.15, 0.2) is 0 Å². The number of hydrogen-bond acceptors (Lipinski definition) is 4. The fourth-order valence-corrected chi connectivity index (χ4v) is 4.26. The lowest BCUT2D eigenvalue weighted by Gasteiger charge is -2.45. The van der Waals surface area contributed by atoms with Gasteiger partial charge in [0, 0.05) is 24.8 Å². The number of rotatable bonds is 3. The van der Waals surface area contributed by atoms with Gasteiger partial charge in [-0.3, -0.25) is 4.98 Å². The summed E-state index contributed by atoms with van der Waals surface area (Å²) < 4.78 is 0. The molecule has 4 nitrogen and oxygen atoms in total. The van der Waals surface area contributed by atoms with Gasteiger partial charge < -0.3 is 5.11 Å². The van der Waals surface area contributed by atoms with Crippen molar-refractivity contribution in [3.05, 3.63) is 54.4 Å². The molecule has 0 spiro atoms. The lowest BCUT2D eigenvalue weighted by molar-refractivity contribution is 0.0164. The predicted octanol–water partition coefficient (Wildman–Crippen LogP) is 3.41. The molecular weight excluding hydrogens is 286 g/mol. The van der Waals surface area contributed by atoms with Crippen LogP contribution in [-0.4, -0.2) is 26.2 Å². The van der Waals surface area contributed by atoms with Crippen molar-refractivity contribution in [3.63, 3.8) is 0 Å². The maximum absolute atomic E-state index is 10.9. The second-order valence-corrected chi connectivity index (χ2v) is 7.01. The minimum Gasteiger partial charge on any atom is -0.392 e. The van der Waals surface area contributed by atoms with Crippen LogP contribution in [0.5, 0.6) is 0 Å². The number of pyridine rings is 1. The summed E-state index contributed by atoms with van der Waals surface area (Å²) in [6.07, 6.45) is 7.57. The van der Waals surface area contributed by atoms with Crippen LogP contribution in [0.4, 0.5) is 0 Å². The second kappa shape index (κ2) is 6.75. The summed E-state index contributed by atoms with van der Waals surface area (Å²) in [5.74, 6) is 2.37. The summed E-state index contributed by atoms with van der Waals surface area (Å²) >= 11 is 0. The normalized spacial score (nSPS) is 31.3. The summed E-state index contributed by atoms with van der Waals surface area (Å²) in [4.78, 5) is 13.0. The van der Waals surface area contributed by atoms with Crippen LogP contribution in [0.25, 0.3) is 0 Å². The molecule has 2 aromatic rings. The van der Waals surface area contributed by atoms with Gasteiger partial charge in [-0.1, -0.05) is 20.8 Å². The van der Waals surface area contributed by atoms with Crippen LogP contribution in [0.2, 0.25) is 0 Å². The van der Waals surface area contributed by atoms with Crippen LogP contribution in [-0.2, 0) is 0 Å². The zero-order valence-electron chi connectivity index (χ0n) is 14.0. The van der Waals surface area contributed by atoms with Crippen LogP contribution in [0.3, 0.4) is 0 Å². The lowest BCUT2D eigenvalue weighted by atomic mass is 9.61.